The Kier molecular flexibility index (Phi) is 5.26. The predicted molar refractivity (Wildman–Crippen MR) is 78.3 cm³/mol. The summed E-state index contributed by atoms with van der Waals surface area (Å²) in [7, 11) is 0. The largest absolute Gasteiger partial charge is 0.416 e. The molecule has 0 aromatic heterocycles. The van der Waals surface area contributed by atoms with E-state index in [0.717, 1.165) is 17.8 Å². The van der Waals surface area contributed by atoms with Gasteiger partial charge in [0.15, 0.2) is 5.12 Å². The maximum absolute atomic E-state index is 12.9. The average molecular weight is 326 g/mol. The smallest absolute Gasteiger partial charge is 0.388 e. The highest BCUT2D eigenvalue weighted by atomic mass is 32.2. The standard InChI is InChI=1S/C16H13F3O2S/c17-16(18,19)13-9-5-4-8-12(13)14(20)10-15(21)22-11-6-2-1-3-7-11/h1-9,14,20H,10H2/t14-/m1/s1. The molecule has 6 heteroatoms. The summed E-state index contributed by atoms with van der Waals surface area (Å²) in [6, 6.07) is 13.5. The summed E-state index contributed by atoms with van der Waals surface area (Å²) in [6.07, 6.45) is -6.43. The van der Waals surface area contributed by atoms with Crippen molar-refractivity contribution in [1.29, 1.82) is 0 Å². The van der Waals surface area contributed by atoms with Crippen molar-refractivity contribution in [3.63, 3.8) is 0 Å². The minimum absolute atomic E-state index is 0.281. The molecule has 0 bridgehead atoms. The van der Waals surface area contributed by atoms with E-state index in [2.05, 4.69) is 0 Å². The van der Waals surface area contributed by atoms with Crippen LogP contribution < -0.4 is 0 Å². The summed E-state index contributed by atoms with van der Waals surface area (Å²) < 4.78 is 38.7. The molecule has 2 aromatic rings. The summed E-state index contributed by atoms with van der Waals surface area (Å²) >= 11 is 0.900. The Balaban J connectivity index is 2.10. The number of thioether (sulfide) groups is 1. The molecule has 0 radical (unpaired) electrons. The molecule has 0 amide bonds. The Morgan fingerprint density at radius 3 is 2.27 bits per heavy atom. The zero-order valence-corrected chi connectivity index (χ0v) is 12.2. The maximum atomic E-state index is 12.9. The molecule has 0 aliphatic rings. The van der Waals surface area contributed by atoms with Crippen LogP contribution in [0.25, 0.3) is 0 Å². The molecule has 0 spiro atoms. The van der Waals surface area contributed by atoms with Gasteiger partial charge in [-0.1, -0.05) is 48.2 Å². The van der Waals surface area contributed by atoms with Crippen LogP contribution in [-0.2, 0) is 11.0 Å². The fourth-order valence-corrected chi connectivity index (χ4v) is 2.77. The Labute approximate surface area is 130 Å². The van der Waals surface area contributed by atoms with Crippen molar-refractivity contribution in [1.82, 2.24) is 0 Å². The summed E-state index contributed by atoms with van der Waals surface area (Å²) in [5, 5.41) is 9.59. The highest BCUT2D eigenvalue weighted by molar-refractivity contribution is 8.13. The van der Waals surface area contributed by atoms with Crippen LogP contribution in [-0.4, -0.2) is 10.2 Å². The number of carbonyl (C=O) groups is 1. The predicted octanol–water partition coefficient (Wildman–Crippen LogP) is 4.45. The molecule has 2 rings (SSSR count). The normalized spacial score (nSPS) is 12.9. The zero-order chi connectivity index (χ0) is 16.2. The van der Waals surface area contributed by atoms with Crippen molar-refractivity contribution in [3.8, 4) is 0 Å². The van der Waals surface area contributed by atoms with Gasteiger partial charge in [-0.05, 0) is 23.8 Å². The van der Waals surface area contributed by atoms with Gasteiger partial charge in [-0.2, -0.15) is 13.2 Å². The number of hydrogen-bond donors (Lipinski definition) is 1. The SMILES string of the molecule is O=C(C[C@@H](O)c1ccccc1C(F)(F)F)Sc1ccccc1. The third-order valence-electron chi connectivity index (χ3n) is 2.96. The van der Waals surface area contributed by atoms with Crippen molar-refractivity contribution in [3.05, 3.63) is 65.7 Å². The van der Waals surface area contributed by atoms with Crippen LogP contribution >= 0.6 is 11.8 Å². The first kappa shape index (κ1) is 16.6. The fraction of sp³-hybridized carbons (Fsp3) is 0.188. The van der Waals surface area contributed by atoms with Crippen LogP contribution in [0.2, 0.25) is 0 Å². The molecule has 2 aromatic carbocycles. The molecule has 1 atom stereocenters. The van der Waals surface area contributed by atoms with E-state index in [0.29, 0.717) is 4.90 Å². The Morgan fingerprint density at radius 2 is 1.64 bits per heavy atom. The van der Waals surface area contributed by atoms with Crippen molar-refractivity contribution in [2.24, 2.45) is 0 Å². The van der Waals surface area contributed by atoms with E-state index in [1.165, 1.54) is 18.2 Å². The van der Waals surface area contributed by atoms with E-state index in [1.54, 1.807) is 30.3 Å². The zero-order valence-electron chi connectivity index (χ0n) is 11.4. The van der Waals surface area contributed by atoms with Crippen LogP contribution in [0.4, 0.5) is 13.2 Å². The second-order valence-electron chi connectivity index (χ2n) is 4.59. The number of benzene rings is 2. The molecule has 0 aliphatic heterocycles. The van der Waals surface area contributed by atoms with Crippen molar-refractivity contribution in [2.75, 3.05) is 0 Å². The lowest BCUT2D eigenvalue weighted by Crippen LogP contribution is -2.13. The van der Waals surface area contributed by atoms with Gasteiger partial charge in [0.1, 0.15) is 0 Å². The first-order valence-corrected chi connectivity index (χ1v) is 7.29. The van der Waals surface area contributed by atoms with E-state index in [1.807, 2.05) is 0 Å². The average Bonchev–Trinajstić information content (AvgIpc) is 2.47. The van der Waals surface area contributed by atoms with E-state index in [9.17, 15) is 23.1 Å². The number of aliphatic hydroxyl groups is 1. The number of carbonyl (C=O) groups excluding carboxylic acids is 1. The summed E-state index contributed by atoms with van der Waals surface area (Å²) in [6.45, 7) is 0. The van der Waals surface area contributed by atoms with Crippen LogP contribution in [0.15, 0.2) is 59.5 Å². The van der Waals surface area contributed by atoms with E-state index in [-0.39, 0.29) is 12.0 Å². The van der Waals surface area contributed by atoms with Gasteiger partial charge in [0, 0.05) is 11.3 Å². The Bertz CT molecular complexity index is 641. The van der Waals surface area contributed by atoms with Gasteiger partial charge in [0.25, 0.3) is 0 Å². The first-order chi connectivity index (χ1) is 10.4. The molecule has 0 fully saturated rings. The van der Waals surface area contributed by atoms with Crippen LogP contribution in [0.1, 0.15) is 23.7 Å². The number of rotatable bonds is 4. The molecule has 1 N–H and O–H groups in total. The third kappa shape index (κ3) is 4.35. The number of alkyl halides is 3. The van der Waals surface area contributed by atoms with Crippen LogP contribution in [0, 0.1) is 0 Å². The second-order valence-corrected chi connectivity index (χ2v) is 5.72. The highest BCUT2D eigenvalue weighted by Gasteiger charge is 2.35. The quantitative estimate of drug-likeness (QED) is 0.844. The molecule has 0 saturated heterocycles. The van der Waals surface area contributed by atoms with Gasteiger partial charge in [-0.15, -0.1) is 0 Å². The first-order valence-electron chi connectivity index (χ1n) is 6.48. The van der Waals surface area contributed by atoms with Gasteiger partial charge in [-0.25, -0.2) is 0 Å². The van der Waals surface area contributed by atoms with Gasteiger partial charge < -0.3 is 5.11 Å². The third-order valence-corrected chi connectivity index (χ3v) is 3.86. The molecule has 0 heterocycles. The number of aliphatic hydroxyl groups excluding tert-OH is 1. The number of hydrogen-bond acceptors (Lipinski definition) is 3. The van der Waals surface area contributed by atoms with Crippen LogP contribution in [0.5, 0.6) is 0 Å². The Hall–Kier alpha value is -1.79. The molecule has 0 unspecified atom stereocenters. The summed E-state index contributed by atoms with van der Waals surface area (Å²) in [4.78, 5) is 12.6. The lowest BCUT2D eigenvalue weighted by molar-refractivity contribution is -0.139. The maximum Gasteiger partial charge on any atom is 0.416 e. The van der Waals surface area contributed by atoms with E-state index >= 15 is 0 Å². The van der Waals surface area contributed by atoms with Crippen molar-refractivity contribution in [2.45, 2.75) is 23.6 Å². The fourth-order valence-electron chi connectivity index (χ4n) is 1.98. The van der Waals surface area contributed by atoms with Crippen molar-refractivity contribution >= 4 is 16.9 Å². The number of halogens is 3. The molecule has 116 valence electrons. The van der Waals surface area contributed by atoms with Gasteiger partial charge >= 0.3 is 6.18 Å². The van der Waals surface area contributed by atoms with Crippen LogP contribution in [0.3, 0.4) is 0 Å². The van der Waals surface area contributed by atoms with E-state index in [4.69, 9.17) is 0 Å². The molecular formula is C16H13F3O2S. The van der Waals surface area contributed by atoms with Crippen molar-refractivity contribution < 1.29 is 23.1 Å². The lowest BCUT2D eigenvalue weighted by Gasteiger charge is -2.16. The lowest BCUT2D eigenvalue weighted by atomic mass is 10.0. The Morgan fingerprint density at radius 1 is 1.05 bits per heavy atom. The molecule has 2 nitrogen and oxygen atoms in total. The molecule has 0 aliphatic carbocycles. The second kappa shape index (κ2) is 6.98. The molecule has 0 saturated carbocycles. The topological polar surface area (TPSA) is 37.3 Å². The molecular weight excluding hydrogens is 313 g/mol. The van der Waals surface area contributed by atoms with E-state index < -0.39 is 23.0 Å². The highest BCUT2D eigenvalue weighted by Crippen LogP contribution is 2.36. The summed E-state index contributed by atoms with van der Waals surface area (Å²) in [5.74, 6) is 0. The minimum Gasteiger partial charge on any atom is -0.388 e. The molecule has 22 heavy (non-hydrogen) atoms. The summed E-state index contributed by atoms with van der Waals surface area (Å²) in [5.41, 5.74) is -1.20. The minimum atomic E-state index is -4.56. The van der Waals surface area contributed by atoms with Gasteiger partial charge in [0.05, 0.1) is 11.7 Å². The monoisotopic (exact) mass is 326 g/mol. The van der Waals surface area contributed by atoms with Gasteiger partial charge in [0.2, 0.25) is 0 Å². The van der Waals surface area contributed by atoms with Gasteiger partial charge in [-0.3, -0.25) is 4.79 Å².